The molecule has 1 amide bonds. The molecule has 21 heavy (non-hydrogen) atoms. The Morgan fingerprint density at radius 1 is 1.43 bits per heavy atom. The molecule has 1 aromatic rings. The van der Waals surface area contributed by atoms with E-state index in [9.17, 15) is 9.90 Å². The van der Waals surface area contributed by atoms with Crippen molar-refractivity contribution in [2.45, 2.75) is 37.6 Å². The second-order valence-electron chi connectivity index (χ2n) is 6.43. The zero-order chi connectivity index (χ0) is 15.2. The molecule has 2 fully saturated rings. The smallest absolute Gasteiger partial charge is 0.224 e. The first kappa shape index (κ1) is 15.1. The number of hydrogen-bond acceptors (Lipinski definition) is 2. The fourth-order valence-electron chi connectivity index (χ4n) is 3.00. The summed E-state index contributed by atoms with van der Waals surface area (Å²) in [5, 5.41) is 13.7. The molecule has 2 saturated carbocycles. The standard InChI is InChI=1S/C16H19Cl2NO2/c1-16(8-20,9-5-6-9)19-15(21)12-7-11(12)10-3-2-4-13(17)14(10)18/h2-4,9,11-12,20H,5-8H2,1H3,(H,19,21). The summed E-state index contributed by atoms with van der Waals surface area (Å²) < 4.78 is 0. The van der Waals surface area contributed by atoms with Crippen molar-refractivity contribution in [3.63, 3.8) is 0 Å². The van der Waals surface area contributed by atoms with Gasteiger partial charge in [0.05, 0.1) is 22.2 Å². The van der Waals surface area contributed by atoms with Gasteiger partial charge in [-0.05, 0) is 49.7 Å². The normalized spacial score (nSPS) is 27.0. The Morgan fingerprint density at radius 2 is 2.14 bits per heavy atom. The van der Waals surface area contributed by atoms with Gasteiger partial charge in [-0.1, -0.05) is 35.3 Å². The molecule has 3 atom stereocenters. The van der Waals surface area contributed by atoms with E-state index < -0.39 is 5.54 Å². The second-order valence-corrected chi connectivity index (χ2v) is 7.22. The molecule has 3 nitrogen and oxygen atoms in total. The van der Waals surface area contributed by atoms with E-state index in [1.165, 1.54) is 0 Å². The molecule has 0 heterocycles. The van der Waals surface area contributed by atoms with Crippen LogP contribution >= 0.6 is 23.2 Å². The quantitative estimate of drug-likeness (QED) is 0.871. The summed E-state index contributed by atoms with van der Waals surface area (Å²) in [6.45, 7) is 1.91. The average molecular weight is 328 g/mol. The minimum absolute atomic E-state index is 0.0134. The van der Waals surface area contributed by atoms with Gasteiger partial charge in [-0.15, -0.1) is 0 Å². The molecular formula is C16H19Cl2NO2. The Bertz CT molecular complexity index is 573. The first-order valence-corrected chi connectivity index (χ1v) is 8.08. The van der Waals surface area contributed by atoms with Crippen LogP contribution in [-0.2, 0) is 4.79 Å². The van der Waals surface area contributed by atoms with E-state index in [0.717, 1.165) is 24.8 Å². The monoisotopic (exact) mass is 327 g/mol. The average Bonchev–Trinajstić information content (AvgIpc) is 3.33. The number of halogens is 2. The third-order valence-electron chi connectivity index (χ3n) is 4.72. The van der Waals surface area contributed by atoms with Crippen LogP contribution in [0.4, 0.5) is 0 Å². The largest absolute Gasteiger partial charge is 0.394 e. The highest BCUT2D eigenvalue weighted by Crippen LogP contribution is 2.51. The summed E-state index contributed by atoms with van der Waals surface area (Å²) in [5.41, 5.74) is 0.462. The lowest BCUT2D eigenvalue weighted by atomic mass is 9.96. The van der Waals surface area contributed by atoms with Gasteiger partial charge in [0.15, 0.2) is 0 Å². The maximum absolute atomic E-state index is 12.4. The van der Waals surface area contributed by atoms with E-state index in [2.05, 4.69) is 5.32 Å². The number of carbonyl (C=O) groups excluding carboxylic acids is 1. The SMILES string of the molecule is CC(CO)(NC(=O)C1CC1c1cccc(Cl)c1Cl)C1CC1. The fraction of sp³-hybridized carbons (Fsp3) is 0.562. The molecule has 3 rings (SSSR count). The molecule has 114 valence electrons. The van der Waals surface area contributed by atoms with Crippen LogP contribution in [0.25, 0.3) is 0 Å². The number of nitrogens with one attached hydrogen (secondary N) is 1. The summed E-state index contributed by atoms with van der Waals surface area (Å²) in [7, 11) is 0. The third-order valence-corrected chi connectivity index (χ3v) is 5.56. The molecule has 0 aromatic heterocycles. The van der Waals surface area contributed by atoms with E-state index in [0.29, 0.717) is 16.0 Å². The van der Waals surface area contributed by atoms with Crippen LogP contribution in [0.2, 0.25) is 10.0 Å². The molecule has 2 N–H and O–H groups in total. The highest BCUT2D eigenvalue weighted by molar-refractivity contribution is 6.42. The molecule has 1 aromatic carbocycles. The van der Waals surface area contributed by atoms with Crippen molar-refractivity contribution in [1.82, 2.24) is 5.32 Å². The van der Waals surface area contributed by atoms with E-state index >= 15 is 0 Å². The van der Waals surface area contributed by atoms with Gasteiger partial charge in [0.2, 0.25) is 5.91 Å². The van der Waals surface area contributed by atoms with Gasteiger partial charge >= 0.3 is 0 Å². The number of rotatable bonds is 5. The Morgan fingerprint density at radius 3 is 2.76 bits per heavy atom. The van der Waals surface area contributed by atoms with Gasteiger partial charge < -0.3 is 10.4 Å². The number of aliphatic hydroxyl groups is 1. The first-order chi connectivity index (χ1) is 9.96. The minimum Gasteiger partial charge on any atom is -0.394 e. The summed E-state index contributed by atoms with van der Waals surface area (Å²) >= 11 is 12.2. The van der Waals surface area contributed by atoms with Crippen molar-refractivity contribution < 1.29 is 9.90 Å². The van der Waals surface area contributed by atoms with Crippen LogP contribution in [0.15, 0.2) is 18.2 Å². The van der Waals surface area contributed by atoms with Crippen LogP contribution < -0.4 is 5.32 Å². The molecule has 0 spiro atoms. The first-order valence-electron chi connectivity index (χ1n) is 7.33. The Balaban J connectivity index is 1.67. The van der Waals surface area contributed by atoms with Gasteiger partial charge in [-0.25, -0.2) is 0 Å². The van der Waals surface area contributed by atoms with Crippen LogP contribution in [0, 0.1) is 11.8 Å². The summed E-state index contributed by atoms with van der Waals surface area (Å²) in [5.74, 6) is 0.488. The van der Waals surface area contributed by atoms with Crippen LogP contribution in [0.1, 0.15) is 37.7 Å². The van der Waals surface area contributed by atoms with Crippen molar-refractivity contribution in [2.24, 2.45) is 11.8 Å². The van der Waals surface area contributed by atoms with E-state index in [4.69, 9.17) is 23.2 Å². The van der Waals surface area contributed by atoms with Crippen molar-refractivity contribution in [2.75, 3.05) is 6.61 Å². The maximum Gasteiger partial charge on any atom is 0.224 e. The summed E-state index contributed by atoms with van der Waals surface area (Å²) in [4.78, 5) is 12.4. The second kappa shape index (κ2) is 5.45. The lowest BCUT2D eigenvalue weighted by molar-refractivity contribution is -0.125. The molecule has 0 saturated heterocycles. The van der Waals surface area contributed by atoms with Crippen molar-refractivity contribution in [1.29, 1.82) is 0 Å². The summed E-state index contributed by atoms with van der Waals surface area (Å²) in [6, 6.07) is 5.54. The zero-order valence-corrected chi connectivity index (χ0v) is 13.4. The number of aliphatic hydroxyl groups excluding tert-OH is 1. The van der Waals surface area contributed by atoms with Crippen molar-refractivity contribution in [3.8, 4) is 0 Å². The van der Waals surface area contributed by atoms with Gasteiger partial charge in [0.1, 0.15) is 0 Å². The topological polar surface area (TPSA) is 49.3 Å². The molecule has 0 radical (unpaired) electrons. The summed E-state index contributed by atoms with van der Waals surface area (Å²) in [6.07, 6.45) is 2.94. The molecule has 0 bridgehead atoms. The number of benzene rings is 1. The minimum atomic E-state index is -0.484. The Hall–Kier alpha value is -0.770. The molecular weight excluding hydrogens is 309 g/mol. The van der Waals surface area contributed by atoms with E-state index in [-0.39, 0.29) is 24.3 Å². The van der Waals surface area contributed by atoms with Crippen LogP contribution in [0.5, 0.6) is 0 Å². The molecule has 3 unspecified atom stereocenters. The number of hydrogen-bond donors (Lipinski definition) is 2. The van der Waals surface area contributed by atoms with Crippen LogP contribution in [-0.4, -0.2) is 23.2 Å². The Labute approximate surface area is 134 Å². The highest BCUT2D eigenvalue weighted by Gasteiger charge is 2.49. The van der Waals surface area contributed by atoms with Gasteiger partial charge in [-0.2, -0.15) is 0 Å². The molecule has 2 aliphatic carbocycles. The van der Waals surface area contributed by atoms with Crippen molar-refractivity contribution in [3.05, 3.63) is 33.8 Å². The molecule has 0 aliphatic heterocycles. The third kappa shape index (κ3) is 2.92. The predicted octanol–water partition coefficient (Wildman–Crippen LogP) is 3.37. The van der Waals surface area contributed by atoms with E-state index in [1.54, 1.807) is 6.07 Å². The lowest BCUT2D eigenvalue weighted by Crippen LogP contribution is -2.51. The van der Waals surface area contributed by atoms with Crippen molar-refractivity contribution >= 4 is 29.1 Å². The van der Waals surface area contributed by atoms with Crippen LogP contribution in [0.3, 0.4) is 0 Å². The lowest BCUT2D eigenvalue weighted by Gasteiger charge is -2.29. The van der Waals surface area contributed by atoms with Gasteiger partial charge in [0.25, 0.3) is 0 Å². The number of amides is 1. The Kier molecular flexibility index (Phi) is 3.93. The molecule has 2 aliphatic rings. The van der Waals surface area contributed by atoms with E-state index in [1.807, 2.05) is 19.1 Å². The molecule has 5 heteroatoms. The highest BCUT2D eigenvalue weighted by atomic mass is 35.5. The zero-order valence-electron chi connectivity index (χ0n) is 11.9. The maximum atomic E-state index is 12.4. The number of carbonyl (C=O) groups is 1. The predicted molar refractivity (Wildman–Crippen MR) is 83.7 cm³/mol. The fourth-order valence-corrected chi connectivity index (χ4v) is 3.45. The van der Waals surface area contributed by atoms with Gasteiger partial charge in [0, 0.05) is 5.92 Å². The van der Waals surface area contributed by atoms with Gasteiger partial charge in [-0.3, -0.25) is 4.79 Å².